The summed E-state index contributed by atoms with van der Waals surface area (Å²) in [5, 5.41) is 0.412. The smallest absolute Gasteiger partial charge is 0.137 e. The van der Waals surface area contributed by atoms with Crippen molar-refractivity contribution in [3.8, 4) is 11.3 Å². The van der Waals surface area contributed by atoms with Crippen LogP contribution in [0.4, 0.5) is 14.6 Å². The van der Waals surface area contributed by atoms with Crippen LogP contribution in [0.1, 0.15) is 18.4 Å². The van der Waals surface area contributed by atoms with Gasteiger partial charge in [0.05, 0.1) is 21.6 Å². The summed E-state index contributed by atoms with van der Waals surface area (Å²) in [6.07, 6.45) is 4.04. The van der Waals surface area contributed by atoms with Gasteiger partial charge >= 0.3 is 0 Å². The Bertz CT molecular complexity index is 969. The van der Waals surface area contributed by atoms with E-state index in [1.54, 1.807) is 13.1 Å². The summed E-state index contributed by atoms with van der Waals surface area (Å²) in [7, 11) is 0. The molecule has 25 heavy (non-hydrogen) atoms. The van der Waals surface area contributed by atoms with E-state index in [1.807, 2.05) is 12.1 Å². The van der Waals surface area contributed by atoms with Gasteiger partial charge in [-0.3, -0.25) is 0 Å². The van der Waals surface area contributed by atoms with Crippen molar-refractivity contribution in [1.29, 1.82) is 0 Å². The van der Waals surface area contributed by atoms with Crippen LogP contribution >= 0.6 is 11.6 Å². The Morgan fingerprint density at radius 3 is 2.64 bits per heavy atom. The molecule has 0 saturated carbocycles. The van der Waals surface area contributed by atoms with Gasteiger partial charge in [-0.25, -0.2) is 18.7 Å². The van der Waals surface area contributed by atoms with Gasteiger partial charge in [-0.2, -0.15) is 0 Å². The number of halogens is 3. The van der Waals surface area contributed by atoms with E-state index in [1.165, 1.54) is 6.07 Å². The average Bonchev–Trinajstić information content (AvgIpc) is 3.12. The molecule has 4 rings (SSSR count). The minimum absolute atomic E-state index is 0.151. The van der Waals surface area contributed by atoms with E-state index in [9.17, 15) is 8.78 Å². The van der Waals surface area contributed by atoms with Gasteiger partial charge in [0.25, 0.3) is 0 Å². The molecule has 0 unspecified atom stereocenters. The maximum Gasteiger partial charge on any atom is 0.137 e. The first-order valence-electron chi connectivity index (χ1n) is 8.21. The summed E-state index contributed by atoms with van der Waals surface area (Å²) in [5.74, 6) is -0.483. The minimum Gasteiger partial charge on any atom is -0.357 e. The molecule has 0 N–H and O–H groups in total. The number of nitrogens with zero attached hydrogens (tertiary/aromatic N) is 3. The van der Waals surface area contributed by atoms with E-state index in [-0.39, 0.29) is 15.9 Å². The monoisotopic (exact) mass is 359 g/mol. The fraction of sp³-hybridized carbons (Fsp3) is 0.263. The van der Waals surface area contributed by atoms with E-state index in [4.69, 9.17) is 11.6 Å². The molecule has 0 bridgehead atoms. The van der Waals surface area contributed by atoms with Gasteiger partial charge in [-0.05, 0) is 37.5 Å². The van der Waals surface area contributed by atoms with E-state index in [0.717, 1.165) is 43.4 Å². The summed E-state index contributed by atoms with van der Waals surface area (Å²) >= 11 is 6.38. The lowest BCUT2D eigenvalue weighted by Crippen LogP contribution is -2.18. The van der Waals surface area contributed by atoms with Crippen LogP contribution in [0.25, 0.3) is 22.2 Å². The molecular formula is C19H16ClF2N3. The molecule has 128 valence electrons. The van der Waals surface area contributed by atoms with Crippen LogP contribution in [0.2, 0.25) is 5.02 Å². The van der Waals surface area contributed by atoms with Crippen LogP contribution in [0.15, 0.2) is 30.5 Å². The van der Waals surface area contributed by atoms with Crippen LogP contribution in [0.5, 0.6) is 0 Å². The summed E-state index contributed by atoms with van der Waals surface area (Å²) in [5.41, 5.74) is 2.33. The molecule has 0 radical (unpaired) electrons. The Labute approximate surface area is 149 Å². The van der Waals surface area contributed by atoms with Crippen molar-refractivity contribution in [3.05, 3.63) is 52.7 Å². The predicted octanol–water partition coefficient (Wildman–Crippen LogP) is 5.14. The highest BCUT2D eigenvalue weighted by atomic mass is 35.5. The molecule has 6 heteroatoms. The summed E-state index contributed by atoms with van der Waals surface area (Å²) < 4.78 is 27.7. The third-order valence-corrected chi connectivity index (χ3v) is 5.09. The number of aromatic nitrogens is 2. The fourth-order valence-corrected chi connectivity index (χ4v) is 3.60. The molecule has 1 fully saturated rings. The highest BCUT2D eigenvalue weighted by molar-refractivity contribution is 6.36. The number of benzene rings is 1. The van der Waals surface area contributed by atoms with Gasteiger partial charge in [-0.1, -0.05) is 11.6 Å². The number of fused-ring (bicyclic) bond motifs is 1. The summed E-state index contributed by atoms with van der Waals surface area (Å²) in [6, 6.07) is 5.83. The first-order valence-corrected chi connectivity index (χ1v) is 8.58. The molecule has 1 aliphatic rings. The Balaban J connectivity index is 1.89. The van der Waals surface area contributed by atoms with Gasteiger partial charge < -0.3 is 4.90 Å². The van der Waals surface area contributed by atoms with E-state index in [0.29, 0.717) is 11.3 Å². The van der Waals surface area contributed by atoms with Crippen molar-refractivity contribution >= 4 is 28.3 Å². The first-order chi connectivity index (χ1) is 12.0. The number of pyridine rings is 2. The Morgan fingerprint density at radius 1 is 1.12 bits per heavy atom. The van der Waals surface area contributed by atoms with E-state index in [2.05, 4.69) is 14.9 Å². The molecule has 0 amide bonds. The van der Waals surface area contributed by atoms with Crippen molar-refractivity contribution in [2.75, 3.05) is 18.0 Å². The van der Waals surface area contributed by atoms with Crippen molar-refractivity contribution in [1.82, 2.24) is 9.97 Å². The number of anilines is 1. The molecule has 1 aliphatic heterocycles. The van der Waals surface area contributed by atoms with Gasteiger partial charge in [0.15, 0.2) is 0 Å². The second kappa shape index (κ2) is 6.23. The molecule has 2 aromatic heterocycles. The Hall–Kier alpha value is -2.27. The van der Waals surface area contributed by atoms with E-state index >= 15 is 0 Å². The van der Waals surface area contributed by atoms with Crippen molar-refractivity contribution in [3.63, 3.8) is 0 Å². The molecule has 3 heterocycles. The molecule has 3 aromatic rings. The second-order valence-electron chi connectivity index (χ2n) is 6.28. The third-order valence-electron chi connectivity index (χ3n) is 4.62. The number of rotatable bonds is 2. The van der Waals surface area contributed by atoms with Gasteiger partial charge in [0.1, 0.15) is 17.5 Å². The van der Waals surface area contributed by atoms with E-state index < -0.39 is 11.6 Å². The number of hydrogen-bond acceptors (Lipinski definition) is 3. The standard InChI is InChI=1S/C19H16ClF2N3/c1-11-18(20)17-14(22)9-13(21)10-15(17)24-19(11)12-4-5-23-16(8-12)25-6-2-3-7-25/h4-5,8-10H,2-3,6-7H2,1H3. The van der Waals surface area contributed by atoms with Crippen LogP contribution in [0, 0.1) is 18.6 Å². The maximum absolute atomic E-state index is 14.1. The zero-order chi connectivity index (χ0) is 17.6. The lowest BCUT2D eigenvalue weighted by molar-refractivity contribution is 0.591. The lowest BCUT2D eigenvalue weighted by Gasteiger charge is -2.17. The topological polar surface area (TPSA) is 29.0 Å². The average molecular weight is 360 g/mol. The van der Waals surface area contributed by atoms with Crippen molar-refractivity contribution < 1.29 is 8.78 Å². The zero-order valence-electron chi connectivity index (χ0n) is 13.7. The van der Waals surface area contributed by atoms with Crippen molar-refractivity contribution in [2.45, 2.75) is 19.8 Å². The van der Waals surface area contributed by atoms with Gasteiger partial charge in [-0.15, -0.1) is 0 Å². The zero-order valence-corrected chi connectivity index (χ0v) is 14.4. The van der Waals surface area contributed by atoms with Crippen LogP contribution in [0.3, 0.4) is 0 Å². The highest BCUT2D eigenvalue weighted by Crippen LogP contribution is 2.35. The first kappa shape index (κ1) is 16.2. The molecule has 1 saturated heterocycles. The van der Waals surface area contributed by atoms with Crippen LogP contribution in [-0.4, -0.2) is 23.1 Å². The number of hydrogen-bond donors (Lipinski definition) is 0. The molecule has 0 aliphatic carbocycles. The largest absolute Gasteiger partial charge is 0.357 e. The highest BCUT2D eigenvalue weighted by Gasteiger charge is 2.18. The fourth-order valence-electron chi connectivity index (χ4n) is 3.33. The minimum atomic E-state index is -0.699. The molecule has 0 atom stereocenters. The molecule has 3 nitrogen and oxygen atoms in total. The quantitative estimate of drug-likeness (QED) is 0.634. The third kappa shape index (κ3) is 2.82. The Morgan fingerprint density at radius 2 is 1.88 bits per heavy atom. The molecular weight excluding hydrogens is 344 g/mol. The van der Waals surface area contributed by atoms with Crippen LogP contribution in [-0.2, 0) is 0 Å². The maximum atomic E-state index is 14.1. The van der Waals surface area contributed by atoms with Gasteiger partial charge in [0, 0.05) is 37.0 Å². The lowest BCUT2D eigenvalue weighted by atomic mass is 10.0. The normalized spacial score (nSPS) is 14.5. The summed E-state index contributed by atoms with van der Waals surface area (Å²) in [6.45, 7) is 3.76. The summed E-state index contributed by atoms with van der Waals surface area (Å²) in [4.78, 5) is 11.1. The van der Waals surface area contributed by atoms with Crippen LogP contribution < -0.4 is 4.90 Å². The SMILES string of the molecule is Cc1c(-c2ccnc(N3CCCC3)c2)nc2cc(F)cc(F)c2c1Cl. The molecule has 1 aromatic carbocycles. The van der Waals surface area contributed by atoms with Crippen molar-refractivity contribution in [2.24, 2.45) is 0 Å². The second-order valence-corrected chi connectivity index (χ2v) is 6.66. The predicted molar refractivity (Wildman–Crippen MR) is 96.1 cm³/mol. The van der Waals surface area contributed by atoms with Gasteiger partial charge in [0.2, 0.25) is 0 Å². The Kier molecular flexibility index (Phi) is 4.04. The molecule has 0 spiro atoms.